The van der Waals surface area contributed by atoms with Crippen LogP contribution in [0.15, 0.2) is 79.1 Å². The number of hydrogen-bond donors (Lipinski definition) is 1. The first-order chi connectivity index (χ1) is 16.4. The maximum Gasteiger partial charge on any atom is 0.105 e. The van der Waals surface area contributed by atoms with E-state index in [1.54, 1.807) is 0 Å². The normalized spacial score (nSPS) is 10.4. The molecule has 0 aliphatic carbocycles. The average Bonchev–Trinajstić information content (AvgIpc) is 3.12. The van der Waals surface area contributed by atoms with Gasteiger partial charge in [-0.15, -0.1) is 0 Å². The van der Waals surface area contributed by atoms with Crippen molar-refractivity contribution in [3.63, 3.8) is 0 Å². The Hall–Kier alpha value is -3.00. The molecule has 0 amide bonds. The number of fused-ring (bicyclic) bond motifs is 3. The van der Waals surface area contributed by atoms with Gasteiger partial charge in [-0.2, -0.15) is 0 Å². The minimum absolute atomic E-state index is 0.180. The highest BCUT2D eigenvalue weighted by molar-refractivity contribution is 6.08. The second-order valence-corrected chi connectivity index (χ2v) is 9.09. The first-order valence-corrected chi connectivity index (χ1v) is 12.8. The van der Waals surface area contributed by atoms with Gasteiger partial charge in [0.15, 0.2) is 0 Å². The summed E-state index contributed by atoms with van der Waals surface area (Å²) >= 11 is 0. The zero-order valence-electron chi connectivity index (χ0n) is 21.9. The minimum atomic E-state index is 0.180. The molecular formula is C32H43NO. The first kappa shape index (κ1) is 27.2. The summed E-state index contributed by atoms with van der Waals surface area (Å²) in [5.74, 6) is 0.180. The number of para-hydroxylation sites is 1. The van der Waals surface area contributed by atoms with Crippen LogP contribution < -0.4 is 0 Å². The number of rotatable bonds is 7. The molecule has 0 saturated heterocycles. The summed E-state index contributed by atoms with van der Waals surface area (Å²) in [6.45, 7) is 14.9. The molecule has 182 valence electrons. The van der Waals surface area contributed by atoms with E-state index in [0.29, 0.717) is 6.54 Å². The van der Waals surface area contributed by atoms with Crippen molar-refractivity contribution in [1.29, 1.82) is 0 Å². The van der Waals surface area contributed by atoms with Gasteiger partial charge in [-0.05, 0) is 43.5 Å². The van der Waals surface area contributed by atoms with Gasteiger partial charge in [-0.3, -0.25) is 0 Å². The quantitative estimate of drug-likeness (QED) is 0.217. The highest BCUT2D eigenvalue weighted by atomic mass is 16.3. The van der Waals surface area contributed by atoms with Crippen LogP contribution in [0, 0.1) is 13.8 Å². The molecule has 0 radical (unpaired) electrons. The molecule has 0 unspecified atom stereocenters. The van der Waals surface area contributed by atoms with E-state index >= 15 is 0 Å². The number of allylic oxidation sites excluding steroid dienone is 1. The van der Waals surface area contributed by atoms with Crippen molar-refractivity contribution in [2.24, 2.45) is 0 Å². The zero-order chi connectivity index (χ0) is 24.9. The average molecular weight is 458 g/mol. The van der Waals surface area contributed by atoms with E-state index in [4.69, 9.17) is 0 Å². The van der Waals surface area contributed by atoms with Crippen molar-refractivity contribution in [3.8, 4) is 0 Å². The Morgan fingerprint density at radius 3 is 1.97 bits per heavy atom. The molecule has 0 atom stereocenters. The molecule has 1 N–H and O–H groups in total. The Kier molecular flexibility index (Phi) is 11.5. The number of nitrogens with zero attached hydrogens (tertiary/aromatic N) is 1. The van der Waals surface area contributed by atoms with E-state index in [2.05, 4.69) is 100 Å². The van der Waals surface area contributed by atoms with Crippen LogP contribution >= 0.6 is 0 Å². The summed E-state index contributed by atoms with van der Waals surface area (Å²) in [5, 5.41) is 11.9. The Morgan fingerprint density at radius 2 is 1.38 bits per heavy atom. The van der Waals surface area contributed by atoms with Crippen molar-refractivity contribution >= 4 is 21.8 Å². The number of aliphatic hydroxyl groups is 1. The van der Waals surface area contributed by atoms with E-state index in [0.717, 1.165) is 17.5 Å². The van der Waals surface area contributed by atoms with Crippen LogP contribution in [0.5, 0.6) is 0 Å². The lowest BCUT2D eigenvalue weighted by Gasteiger charge is -2.06. The van der Waals surface area contributed by atoms with Crippen LogP contribution in [-0.2, 0) is 13.0 Å². The number of hydrogen-bond acceptors (Lipinski definition) is 1. The van der Waals surface area contributed by atoms with Crippen LogP contribution in [0.25, 0.3) is 21.8 Å². The van der Waals surface area contributed by atoms with Crippen molar-refractivity contribution in [1.82, 2.24) is 4.57 Å². The van der Waals surface area contributed by atoms with Gasteiger partial charge in [-0.25, -0.2) is 0 Å². The molecule has 2 heteroatoms. The fraction of sp³-hybridized carbons (Fsp3) is 0.375. The Labute approximate surface area is 206 Å². The van der Waals surface area contributed by atoms with Gasteiger partial charge >= 0.3 is 0 Å². The zero-order valence-corrected chi connectivity index (χ0v) is 21.9. The molecule has 4 aromatic rings. The number of unbranched alkanes of at least 4 members (excludes halogenated alkanes) is 4. The molecule has 2 nitrogen and oxygen atoms in total. The lowest BCUT2D eigenvalue weighted by molar-refractivity contribution is 0.383. The summed E-state index contributed by atoms with van der Waals surface area (Å²) in [4.78, 5) is 0. The molecule has 0 bridgehead atoms. The van der Waals surface area contributed by atoms with Crippen molar-refractivity contribution in [3.05, 3.63) is 95.8 Å². The highest BCUT2D eigenvalue weighted by Crippen LogP contribution is 2.29. The molecule has 34 heavy (non-hydrogen) atoms. The molecule has 0 aliphatic heterocycles. The highest BCUT2D eigenvalue weighted by Gasteiger charge is 2.10. The molecule has 0 spiro atoms. The number of aromatic nitrogens is 1. The molecule has 1 heterocycles. The van der Waals surface area contributed by atoms with Gasteiger partial charge in [0.1, 0.15) is 5.76 Å². The van der Waals surface area contributed by atoms with E-state index in [9.17, 15) is 5.11 Å². The van der Waals surface area contributed by atoms with E-state index < -0.39 is 0 Å². The van der Waals surface area contributed by atoms with Crippen LogP contribution in [0.4, 0.5) is 0 Å². The lowest BCUT2D eigenvalue weighted by atomic mass is 10.1. The molecule has 4 rings (SSSR count). The largest absolute Gasteiger partial charge is 0.511 e. The number of aliphatic hydroxyl groups excluding tert-OH is 1. The van der Waals surface area contributed by atoms with Crippen LogP contribution in [0.2, 0.25) is 0 Å². The summed E-state index contributed by atoms with van der Waals surface area (Å²) in [7, 11) is 0. The lowest BCUT2D eigenvalue weighted by Crippen LogP contribution is -1.99. The maximum atomic E-state index is 9.50. The van der Waals surface area contributed by atoms with Crippen molar-refractivity contribution < 1.29 is 5.11 Å². The van der Waals surface area contributed by atoms with Gasteiger partial charge in [-0.1, -0.05) is 120 Å². The summed E-state index contributed by atoms with van der Waals surface area (Å²) in [6.07, 6.45) is 8.15. The fourth-order valence-corrected chi connectivity index (χ4v) is 4.12. The smallest absolute Gasteiger partial charge is 0.105 e. The van der Waals surface area contributed by atoms with Crippen LogP contribution in [0.3, 0.4) is 0 Å². The SMILES string of the molecule is C=C(O)Cn1c2ccccc2c2ccc(C)cc21.CCCCCCC.CCc1cccc(C)c1. The van der Waals surface area contributed by atoms with Crippen molar-refractivity contribution in [2.75, 3.05) is 0 Å². The Balaban J connectivity index is 0.000000214. The van der Waals surface area contributed by atoms with Gasteiger partial charge in [0.25, 0.3) is 0 Å². The molecule has 3 aromatic carbocycles. The van der Waals surface area contributed by atoms with Gasteiger partial charge in [0.05, 0.1) is 6.54 Å². The summed E-state index contributed by atoms with van der Waals surface area (Å²) in [6, 6.07) is 23.3. The van der Waals surface area contributed by atoms with E-state index in [1.165, 1.54) is 59.6 Å². The third kappa shape index (κ3) is 8.09. The van der Waals surface area contributed by atoms with Crippen LogP contribution in [-0.4, -0.2) is 9.67 Å². The monoisotopic (exact) mass is 457 g/mol. The van der Waals surface area contributed by atoms with Gasteiger partial charge in [0.2, 0.25) is 0 Å². The molecular weight excluding hydrogens is 414 g/mol. The Morgan fingerprint density at radius 1 is 0.735 bits per heavy atom. The van der Waals surface area contributed by atoms with Gasteiger partial charge in [0, 0.05) is 21.8 Å². The van der Waals surface area contributed by atoms with Crippen molar-refractivity contribution in [2.45, 2.75) is 79.7 Å². The number of aryl methyl sites for hydroxylation is 3. The second kappa shape index (κ2) is 14.3. The Bertz CT molecular complexity index is 1160. The standard InChI is InChI=1S/C16H15NO.C9H12.C7H16/c1-11-7-8-14-13-5-3-4-6-15(13)17(10-12(2)18)16(14)9-11;1-3-9-6-4-5-8(2)7-9;1-3-5-7-6-4-2/h3-9,18H,2,10H2,1H3;4-7H,3H2,1-2H3;3-7H2,1-2H3. The third-order valence-electron chi connectivity index (χ3n) is 5.97. The minimum Gasteiger partial charge on any atom is -0.511 e. The third-order valence-corrected chi connectivity index (χ3v) is 5.97. The predicted molar refractivity (Wildman–Crippen MR) is 151 cm³/mol. The molecule has 0 aliphatic rings. The topological polar surface area (TPSA) is 25.2 Å². The van der Waals surface area contributed by atoms with E-state index in [1.807, 2.05) is 12.1 Å². The second-order valence-electron chi connectivity index (χ2n) is 9.09. The fourth-order valence-electron chi connectivity index (χ4n) is 4.12. The summed E-state index contributed by atoms with van der Waals surface area (Å²) < 4.78 is 2.11. The maximum absolute atomic E-state index is 9.50. The van der Waals surface area contributed by atoms with E-state index in [-0.39, 0.29) is 5.76 Å². The number of benzene rings is 3. The van der Waals surface area contributed by atoms with Gasteiger partial charge < -0.3 is 9.67 Å². The molecule has 1 aromatic heterocycles. The summed E-state index contributed by atoms with van der Waals surface area (Å²) in [5.41, 5.74) is 6.28. The predicted octanol–water partition coefficient (Wildman–Crippen LogP) is 9.71. The molecule has 0 saturated carbocycles. The van der Waals surface area contributed by atoms with Crippen LogP contribution in [0.1, 0.15) is 69.6 Å². The first-order valence-electron chi connectivity index (χ1n) is 12.8. The molecule has 0 fully saturated rings.